The Hall–Kier alpha value is -3.20. The lowest BCUT2D eigenvalue weighted by molar-refractivity contribution is -0.139. The standard InChI is InChI=1S/C24H21F4N3O2/c25-22-18(24(26,27)28)4-2-6-20(22)31(16-7-8-16)19-5-1-3-15-13-29-14-17(21(15)19)23(32)30-9-11-33-12-10-30/h1-6,13-14,16H,7-12H2. The van der Waals surface area contributed by atoms with Gasteiger partial charge < -0.3 is 14.5 Å². The van der Waals surface area contributed by atoms with Crippen LogP contribution in [0.5, 0.6) is 0 Å². The fourth-order valence-corrected chi connectivity index (χ4v) is 4.30. The summed E-state index contributed by atoms with van der Waals surface area (Å²) >= 11 is 0. The monoisotopic (exact) mass is 459 g/mol. The Morgan fingerprint density at radius 3 is 2.42 bits per heavy atom. The summed E-state index contributed by atoms with van der Waals surface area (Å²) in [5, 5.41) is 1.21. The summed E-state index contributed by atoms with van der Waals surface area (Å²) in [4.78, 5) is 20.8. The molecule has 0 spiro atoms. The Balaban J connectivity index is 1.68. The molecule has 2 fully saturated rings. The van der Waals surface area contributed by atoms with Crippen molar-refractivity contribution in [2.75, 3.05) is 31.2 Å². The number of anilines is 2. The van der Waals surface area contributed by atoms with Crippen LogP contribution < -0.4 is 4.90 Å². The number of hydrogen-bond acceptors (Lipinski definition) is 4. The lowest BCUT2D eigenvalue weighted by Gasteiger charge is -2.30. The number of ether oxygens (including phenoxy) is 1. The highest BCUT2D eigenvalue weighted by molar-refractivity contribution is 6.12. The average molecular weight is 459 g/mol. The van der Waals surface area contributed by atoms with Gasteiger partial charge in [-0.2, -0.15) is 13.2 Å². The number of carbonyl (C=O) groups is 1. The molecule has 5 nitrogen and oxygen atoms in total. The smallest absolute Gasteiger partial charge is 0.378 e. The molecule has 3 aromatic rings. The number of pyridine rings is 1. The molecule has 1 amide bonds. The van der Waals surface area contributed by atoms with Gasteiger partial charge in [-0.05, 0) is 31.0 Å². The molecular formula is C24H21F4N3O2. The number of aromatic nitrogens is 1. The molecule has 0 unspecified atom stereocenters. The summed E-state index contributed by atoms with van der Waals surface area (Å²) in [6.45, 7) is 1.73. The molecule has 1 aliphatic carbocycles. The number of benzene rings is 2. The second-order valence-electron chi connectivity index (χ2n) is 8.20. The van der Waals surface area contributed by atoms with Gasteiger partial charge in [-0.25, -0.2) is 4.39 Å². The fourth-order valence-electron chi connectivity index (χ4n) is 4.30. The van der Waals surface area contributed by atoms with Gasteiger partial charge in [-0.15, -0.1) is 0 Å². The van der Waals surface area contributed by atoms with Gasteiger partial charge >= 0.3 is 6.18 Å². The molecule has 0 radical (unpaired) electrons. The number of nitrogens with zero attached hydrogens (tertiary/aromatic N) is 3. The molecule has 1 saturated carbocycles. The maximum atomic E-state index is 15.2. The predicted molar refractivity (Wildman–Crippen MR) is 115 cm³/mol. The first kappa shape index (κ1) is 21.6. The van der Waals surface area contributed by atoms with Crippen molar-refractivity contribution in [1.29, 1.82) is 0 Å². The molecule has 5 rings (SSSR count). The molecule has 33 heavy (non-hydrogen) atoms. The van der Waals surface area contributed by atoms with Crippen LogP contribution in [0.3, 0.4) is 0 Å². The number of amides is 1. The van der Waals surface area contributed by atoms with Crippen molar-refractivity contribution in [3.8, 4) is 0 Å². The number of halogens is 4. The maximum Gasteiger partial charge on any atom is 0.419 e. The molecule has 2 heterocycles. The molecule has 0 N–H and O–H groups in total. The van der Waals surface area contributed by atoms with Crippen LogP contribution >= 0.6 is 0 Å². The Labute approximate surface area is 187 Å². The van der Waals surface area contributed by atoms with Crippen LogP contribution in [-0.2, 0) is 10.9 Å². The van der Waals surface area contributed by atoms with Gasteiger partial charge in [0.2, 0.25) is 0 Å². The van der Waals surface area contributed by atoms with E-state index in [1.54, 1.807) is 34.2 Å². The third-order valence-electron chi connectivity index (χ3n) is 6.00. The van der Waals surface area contributed by atoms with Crippen molar-refractivity contribution >= 4 is 28.1 Å². The summed E-state index contributed by atoms with van der Waals surface area (Å²) in [5.41, 5.74) is -0.631. The molecule has 9 heteroatoms. The quantitative estimate of drug-likeness (QED) is 0.506. The van der Waals surface area contributed by atoms with E-state index in [1.165, 1.54) is 18.3 Å². The minimum atomic E-state index is -4.81. The highest BCUT2D eigenvalue weighted by atomic mass is 19.4. The Morgan fingerprint density at radius 1 is 1.03 bits per heavy atom. The van der Waals surface area contributed by atoms with Gasteiger partial charge in [0, 0.05) is 42.3 Å². The first-order chi connectivity index (χ1) is 15.9. The Bertz CT molecular complexity index is 1200. The minimum Gasteiger partial charge on any atom is -0.378 e. The molecule has 1 saturated heterocycles. The van der Waals surface area contributed by atoms with E-state index >= 15 is 4.39 Å². The minimum absolute atomic E-state index is 0.151. The van der Waals surface area contributed by atoms with Crippen molar-refractivity contribution in [3.63, 3.8) is 0 Å². The zero-order valence-corrected chi connectivity index (χ0v) is 17.6. The highest BCUT2D eigenvalue weighted by Crippen LogP contribution is 2.45. The lowest BCUT2D eigenvalue weighted by atomic mass is 10.0. The van der Waals surface area contributed by atoms with Gasteiger partial charge in [-0.3, -0.25) is 9.78 Å². The summed E-state index contributed by atoms with van der Waals surface area (Å²) < 4.78 is 60.8. The van der Waals surface area contributed by atoms with Crippen LogP contribution in [0.15, 0.2) is 48.8 Å². The predicted octanol–water partition coefficient (Wildman–Crippen LogP) is 5.17. The molecule has 2 aromatic carbocycles. The molecule has 0 bridgehead atoms. The number of rotatable bonds is 4. The van der Waals surface area contributed by atoms with Gasteiger partial charge in [0.1, 0.15) is 0 Å². The Morgan fingerprint density at radius 2 is 1.73 bits per heavy atom. The van der Waals surface area contributed by atoms with E-state index in [2.05, 4.69) is 4.98 Å². The van der Waals surface area contributed by atoms with Crippen molar-refractivity contribution in [1.82, 2.24) is 9.88 Å². The van der Waals surface area contributed by atoms with Gasteiger partial charge in [0.15, 0.2) is 5.82 Å². The topological polar surface area (TPSA) is 45.7 Å². The first-order valence-electron chi connectivity index (χ1n) is 10.7. The second-order valence-corrected chi connectivity index (χ2v) is 8.20. The van der Waals surface area contributed by atoms with Crippen molar-refractivity contribution in [2.24, 2.45) is 0 Å². The first-order valence-corrected chi connectivity index (χ1v) is 10.7. The van der Waals surface area contributed by atoms with E-state index < -0.39 is 17.6 Å². The van der Waals surface area contributed by atoms with Crippen LogP contribution in [0.1, 0.15) is 28.8 Å². The number of carbonyl (C=O) groups excluding carboxylic acids is 1. The molecule has 172 valence electrons. The van der Waals surface area contributed by atoms with Gasteiger partial charge in [0.25, 0.3) is 5.91 Å². The average Bonchev–Trinajstić information content (AvgIpc) is 3.64. The number of hydrogen-bond donors (Lipinski definition) is 0. The van der Waals surface area contributed by atoms with E-state index in [0.717, 1.165) is 6.07 Å². The molecular weight excluding hydrogens is 438 g/mol. The van der Waals surface area contributed by atoms with Crippen LogP contribution in [0.2, 0.25) is 0 Å². The molecule has 1 aliphatic heterocycles. The second kappa shape index (κ2) is 8.30. The third-order valence-corrected chi connectivity index (χ3v) is 6.00. The van der Waals surface area contributed by atoms with E-state index in [1.807, 2.05) is 0 Å². The largest absolute Gasteiger partial charge is 0.419 e. The normalized spacial score (nSPS) is 16.8. The maximum absolute atomic E-state index is 15.2. The van der Waals surface area contributed by atoms with E-state index in [9.17, 15) is 18.0 Å². The van der Waals surface area contributed by atoms with Gasteiger partial charge in [-0.1, -0.05) is 18.2 Å². The summed E-state index contributed by atoms with van der Waals surface area (Å²) in [7, 11) is 0. The molecule has 1 aromatic heterocycles. The zero-order chi connectivity index (χ0) is 23.2. The van der Waals surface area contributed by atoms with E-state index in [4.69, 9.17) is 4.74 Å². The van der Waals surface area contributed by atoms with Crippen LogP contribution in [0, 0.1) is 5.82 Å². The zero-order valence-electron chi connectivity index (χ0n) is 17.6. The van der Waals surface area contributed by atoms with E-state index in [0.29, 0.717) is 61.2 Å². The fraction of sp³-hybridized carbons (Fsp3) is 0.333. The molecule has 0 atom stereocenters. The molecule has 2 aliphatic rings. The van der Waals surface area contributed by atoms with Crippen LogP contribution in [0.25, 0.3) is 10.8 Å². The van der Waals surface area contributed by atoms with Crippen molar-refractivity contribution in [3.05, 3.63) is 65.7 Å². The number of alkyl halides is 3. The SMILES string of the molecule is O=C(c1cncc2cccc(N(c3cccc(C(F)(F)F)c3F)C3CC3)c12)N1CCOCC1. The van der Waals surface area contributed by atoms with Crippen LogP contribution in [-0.4, -0.2) is 48.1 Å². The number of fused-ring (bicyclic) bond motifs is 1. The highest BCUT2D eigenvalue weighted by Gasteiger charge is 2.39. The lowest BCUT2D eigenvalue weighted by Crippen LogP contribution is -2.40. The van der Waals surface area contributed by atoms with Crippen LogP contribution in [0.4, 0.5) is 28.9 Å². The number of morpholine rings is 1. The summed E-state index contributed by atoms with van der Waals surface area (Å²) in [6.07, 6.45) is -0.317. The Kier molecular flexibility index (Phi) is 5.44. The van der Waals surface area contributed by atoms with E-state index in [-0.39, 0.29) is 17.6 Å². The van der Waals surface area contributed by atoms with Crippen molar-refractivity contribution < 1.29 is 27.1 Å². The summed E-state index contributed by atoms with van der Waals surface area (Å²) in [6, 6.07) is 8.39. The summed E-state index contributed by atoms with van der Waals surface area (Å²) in [5.74, 6) is -1.55. The van der Waals surface area contributed by atoms with Crippen molar-refractivity contribution in [2.45, 2.75) is 25.1 Å². The van der Waals surface area contributed by atoms with Gasteiger partial charge in [0.05, 0.1) is 35.7 Å². The third kappa shape index (κ3) is 4.01.